The van der Waals surface area contributed by atoms with Crippen molar-refractivity contribution in [3.63, 3.8) is 0 Å². The first-order chi connectivity index (χ1) is 11.2. The summed E-state index contributed by atoms with van der Waals surface area (Å²) in [6, 6.07) is 6.27. The highest BCUT2D eigenvalue weighted by molar-refractivity contribution is 5.75. The fourth-order valence-electron chi connectivity index (χ4n) is 2.88. The maximum Gasteiger partial charge on any atom is 0.413 e. The Kier molecular flexibility index (Phi) is 5.59. The number of anilines is 2. The normalized spacial score (nSPS) is 16.3. The van der Waals surface area contributed by atoms with Gasteiger partial charge >= 0.3 is 6.09 Å². The molecule has 1 amide bonds. The Balaban J connectivity index is 2.05. The lowest BCUT2D eigenvalue weighted by Gasteiger charge is -2.36. The van der Waals surface area contributed by atoms with Gasteiger partial charge in [-0.15, -0.1) is 0 Å². The number of carbonyl (C=O) groups is 1. The van der Waals surface area contributed by atoms with Gasteiger partial charge in [0, 0.05) is 36.4 Å². The van der Waals surface area contributed by atoms with Crippen molar-refractivity contribution in [1.82, 2.24) is 10.2 Å². The van der Waals surface area contributed by atoms with Crippen molar-refractivity contribution in [2.45, 2.75) is 45.2 Å². The Morgan fingerprint density at radius 1 is 1.29 bits per heavy atom. The topological polar surface area (TPSA) is 70.8 Å². The molecule has 1 saturated heterocycles. The third kappa shape index (κ3) is 5.03. The SMILES string of the molecule is CN(C)C1CCN(c2ccc(N)c(OC(=O)NC(C)(C)C)c2)CC1. The Morgan fingerprint density at radius 2 is 1.92 bits per heavy atom. The third-order valence-electron chi connectivity index (χ3n) is 4.24. The van der Waals surface area contributed by atoms with Gasteiger partial charge in [-0.3, -0.25) is 0 Å². The predicted octanol–water partition coefficient (Wildman–Crippen LogP) is 2.69. The largest absolute Gasteiger partial charge is 0.413 e. The zero-order chi connectivity index (χ0) is 17.9. The molecule has 0 radical (unpaired) electrons. The first-order valence-electron chi connectivity index (χ1n) is 8.46. The molecule has 2 rings (SSSR count). The van der Waals surface area contributed by atoms with Gasteiger partial charge in [-0.1, -0.05) is 0 Å². The molecule has 24 heavy (non-hydrogen) atoms. The van der Waals surface area contributed by atoms with Gasteiger partial charge in [0.2, 0.25) is 0 Å². The highest BCUT2D eigenvalue weighted by atomic mass is 16.6. The van der Waals surface area contributed by atoms with Crippen molar-refractivity contribution in [3.05, 3.63) is 18.2 Å². The number of hydrogen-bond donors (Lipinski definition) is 2. The van der Waals surface area contributed by atoms with E-state index >= 15 is 0 Å². The molecular weight excluding hydrogens is 304 g/mol. The van der Waals surface area contributed by atoms with Crippen LogP contribution in [0, 0.1) is 0 Å². The first kappa shape index (κ1) is 18.4. The van der Waals surface area contributed by atoms with Crippen molar-refractivity contribution >= 4 is 17.5 Å². The van der Waals surface area contributed by atoms with Gasteiger partial charge in [-0.25, -0.2) is 4.79 Å². The van der Waals surface area contributed by atoms with Gasteiger partial charge in [0.25, 0.3) is 0 Å². The number of nitrogens with two attached hydrogens (primary N) is 1. The second-order valence-corrected chi connectivity index (χ2v) is 7.67. The summed E-state index contributed by atoms with van der Waals surface area (Å²) in [6.45, 7) is 7.69. The van der Waals surface area contributed by atoms with Crippen molar-refractivity contribution < 1.29 is 9.53 Å². The van der Waals surface area contributed by atoms with E-state index in [9.17, 15) is 4.79 Å². The minimum atomic E-state index is -0.488. The molecule has 1 heterocycles. The van der Waals surface area contributed by atoms with E-state index < -0.39 is 6.09 Å². The number of carbonyl (C=O) groups excluding carboxylic acids is 1. The van der Waals surface area contributed by atoms with Gasteiger partial charge in [0.1, 0.15) is 0 Å². The highest BCUT2D eigenvalue weighted by Gasteiger charge is 2.22. The molecule has 0 saturated carbocycles. The standard InChI is InChI=1S/C18H30N4O2/c1-18(2,3)20-17(23)24-16-12-14(6-7-15(16)19)22-10-8-13(9-11-22)21(4)5/h6-7,12-13H,8-11,19H2,1-5H3,(H,20,23). The van der Waals surface area contributed by atoms with Crippen LogP contribution in [-0.2, 0) is 0 Å². The monoisotopic (exact) mass is 334 g/mol. The molecule has 6 heteroatoms. The summed E-state index contributed by atoms with van der Waals surface area (Å²) in [7, 11) is 4.26. The van der Waals surface area contributed by atoms with Crippen molar-refractivity contribution in [2.75, 3.05) is 37.8 Å². The summed E-state index contributed by atoms with van der Waals surface area (Å²) in [6.07, 6.45) is 1.76. The number of amides is 1. The second kappa shape index (κ2) is 7.30. The molecule has 0 atom stereocenters. The van der Waals surface area contributed by atoms with Crippen molar-refractivity contribution in [2.24, 2.45) is 0 Å². The van der Waals surface area contributed by atoms with Crippen LogP contribution < -0.4 is 20.7 Å². The molecule has 1 aromatic rings. The average molecular weight is 334 g/mol. The number of nitrogen functional groups attached to an aromatic ring is 1. The van der Waals surface area contributed by atoms with E-state index in [4.69, 9.17) is 10.5 Å². The molecule has 1 aliphatic heterocycles. The van der Waals surface area contributed by atoms with Crippen LogP contribution in [0.4, 0.5) is 16.2 Å². The average Bonchev–Trinajstić information content (AvgIpc) is 2.47. The van der Waals surface area contributed by atoms with Crippen molar-refractivity contribution in [3.8, 4) is 5.75 Å². The molecule has 0 aliphatic carbocycles. The zero-order valence-corrected chi connectivity index (χ0v) is 15.4. The van der Waals surface area contributed by atoms with Crippen LogP contribution in [0.15, 0.2) is 18.2 Å². The Hall–Kier alpha value is -1.95. The Labute approximate surface area is 144 Å². The predicted molar refractivity (Wildman–Crippen MR) is 98.7 cm³/mol. The van der Waals surface area contributed by atoms with E-state index in [0.717, 1.165) is 31.6 Å². The van der Waals surface area contributed by atoms with Gasteiger partial charge in [-0.2, -0.15) is 0 Å². The molecular formula is C18H30N4O2. The molecule has 6 nitrogen and oxygen atoms in total. The molecule has 0 spiro atoms. The first-order valence-corrected chi connectivity index (χ1v) is 8.46. The van der Waals surface area contributed by atoms with E-state index in [1.807, 2.05) is 32.9 Å². The molecule has 1 aromatic carbocycles. The lowest BCUT2D eigenvalue weighted by atomic mass is 10.0. The molecule has 0 unspecified atom stereocenters. The molecule has 3 N–H and O–H groups in total. The highest BCUT2D eigenvalue weighted by Crippen LogP contribution is 2.30. The summed E-state index contributed by atoms with van der Waals surface area (Å²) in [5.41, 5.74) is 7.12. The Bertz CT molecular complexity index is 573. The summed E-state index contributed by atoms with van der Waals surface area (Å²) in [5, 5.41) is 2.78. The minimum absolute atomic E-state index is 0.350. The summed E-state index contributed by atoms with van der Waals surface area (Å²) >= 11 is 0. The lowest BCUT2D eigenvalue weighted by molar-refractivity contribution is 0.191. The van der Waals surface area contributed by atoms with Crippen LogP contribution in [0.25, 0.3) is 0 Å². The van der Waals surface area contributed by atoms with Crippen LogP contribution >= 0.6 is 0 Å². The number of rotatable bonds is 3. The van der Waals surface area contributed by atoms with Crippen LogP contribution in [0.1, 0.15) is 33.6 Å². The van der Waals surface area contributed by atoms with E-state index in [2.05, 4.69) is 29.2 Å². The molecule has 0 aromatic heterocycles. The molecule has 0 bridgehead atoms. The van der Waals surface area contributed by atoms with Gasteiger partial charge < -0.3 is 25.6 Å². The quantitative estimate of drug-likeness (QED) is 0.832. The van der Waals surface area contributed by atoms with Crippen LogP contribution in [0.5, 0.6) is 5.75 Å². The Morgan fingerprint density at radius 3 is 2.46 bits per heavy atom. The van der Waals surface area contributed by atoms with Crippen LogP contribution in [0.3, 0.4) is 0 Å². The summed E-state index contributed by atoms with van der Waals surface area (Å²) < 4.78 is 5.40. The molecule has 134 valence electrons. The number of nitrogens with zero attached hydrogens (tertiary/aromatic N) is 2. The molecule has 1 aliphatic rings. The summed E-state index contributed by atoms with van der Waals surface area (Å²) in [4.78, 5) is 16.6. The fraction of sp³-hybridized carbons (Fsp3) is 0.611. The zero-order valence-electron chi connectivity index (χ0n) is 15.4. The number of ether oxygens (including phenoxy) is 1. The third-order valence-corrected chi connectivity index (χ3v) is 4.24. The van der Waals surface area contributed by atoms with Gasteiger partial charge in [-0.05, 0) is 59.8 Å². The van der Waals surface area contributed by atoms with Crippen molar-refractivity contribution in [1.29, 1.82) is 0 Å². The lowest BCUT2D eigenvalue weighted by Crippen LogP contribution is -2.42. The van der Waals surface area contributed by atoms with Gasteiger partial charge in [0.15, 0.2) is 5.75 Å². The number of piperidine rings is 1. The maximum absolute atomic E-state index is 12.0. The number of hydrogen-bond acceptors (Lipinski definition) is 5. The minimum Gasteiger partial charge on any atom is -0.408 e. The maximum atomic E-state index is 12.0. The number of benzene rings is 1. The van der Waals surface area contributed by atoms with E-state index in [-0.39, 0.29) is 5.54 Å². The summed E-state index contributed by atoms with van der Waals surface area (Å²) in [5.74, 6) is 0.406. The smallest absolute Gasteiger partial charge is 0.408 e. The van der Waals surface area contributed by atoms with Crippen LogP contribution in [0.2, 0.25) is 0 Å². The van der Waals surface area contributed by atoms with E-state index in [1.54, 1.807) is 6.07 Å². The van der Waals surface area contributed by atoms with Gasteiger partial charge in [0.05, 0.1) is 5.69 Å². The molecule has 1 fully saturated rings. The van der Waals surface area contributed by atoms with E-state index in [0.29, 0.717) is 17.5 Å². The van der Waals surface area contributed by atoms with Crippen LogP contribution in [-0.4, -0.2) is 49.8 Å². The number of nitrogens with one attached hydrogen (secondary N) is 1. The fourth-order valence-corrected chi connectivity index (χ4v) is 2.88. The second-order valence-electron chi connectivity index (χ2n) is 7.67. The van der Waals surface area contributed by atoms with E-state index in [1.165, 1.54) is 0 Å².